The van der Waals surface area contributed by atoms with Gasteiger partial charge in [0.1, 0.15) is 0 Å². The molecule has 0 aromatic heterocycles. The van der Waals surface area contributed by atoms with Gasteiger partial charge in [0, 0.05) is 48.7 Å². The van der Waals surface area contributed by atoms with Crippen molar-refractivity contribution < 1.29 is 29.1 Å². The first-order valence-electron chi connectivity index (χ1n) is 6.28. The number of nitrogens with zero attached hydrogens (tertiary/aromatic N) is 1. The summed E-state index contributed by atoms with van der Waals surface area (Å²) < 4.78 is 0. The fourth-order valence-corrected chi connectivity index (χ4v) is 2.28. The average molecular weight is 394 g/mol. The zero-order valence-electron chi connectivity index (χ0n) is 11.0. The minimum absolute atomic E-state index is 0. The van der Waals surface area contributed by atoms with Crippen molar-refractivity contribution in [3.8, 4) is 0 Å². The first-order chi connectivity index (χ1) is 8.72. The lowest BCUT2D eigenvalue weighted by molar-refractivity contribution is -0.00000471. The lowest BCUT2D eigenvalue weighted by Crippen LogP contribution is -3.00. The number of nitrogens with one attached hydrogen (secondary N) is 1. The highest BCUT2D eigenvalue weighted by Crippen LogP contribution is 2.31. The normalized spacial score (nSPS) is 13.4. The van der Waals surface area contributed by atoms with E-state index in [0.29, 0.717) is 0 Å². The largest absolute Gasteiger partial charge is 1.00 e. The summed E-state index contributed by atoms with van der Waals surface area (Å²) in [5.41, 5.74) is 3.52. The van der Waals surface area contributed by atoms with Crippen LogP contribution in [0.2, 0.25) is 5.02 Å². The second-order valence-corrected chi connectivity index (χ2v) is 4.95. The molecule has 19 heavy (non-hydrogen) atoms. The number of halogens is 2. The van der Waals surface area contributed by atoms with Crippen molar-refractivity contribution in [1.29, 1.82) is 0 Å². The Kier molecular flexibility index (Phi) is 6.96. The lowest BCUT2D eigenvalue weighted by Gasteiger charge is -2.28. The molecule has 5 heteroatoms. The maximum atomic E-state index is 8.76. The number of anilines is 1. The van der Waals surface area contributed by atoms with E-state index in [1.54, 1.807) is 0 Å². The fraction of sp³-hybridized carbons (Fsp3) is 0.429. The number of likely N-dealkylation sites (N-methyl/N-ethyl adjacent to an activating group) is 1. The maximum absolute atomic E-state index is 8.76. The Balaban J connectivity index is 0.00000180. The van der Waals surface area contributed by atoms with E-state index in [9.17, 15) is 0 Å². The van der Waals surface area contributed by atoms with Gasteiger partial charge in [-0.3, -0.25) is 0 Å². The number of hydrogen-bond acceptors (Lipinski definition) is 3. The van der Waals surface area contributed by atoms with Crippen molar-refractivity contribution in [2.45, 2.75) is 12.8 Å². The molecule has 0 atom stereocenters. The van der Waals surface area contributed by atoms with E-state index in [1.807, 2.05) is 12.1 Å². The number of aliphatic hydroxyl groups is 1. The van der Waals surface area contributed by atoms with Crippen LogP contribution in [0.15, 0.2) is 24.3 Å². The summed E-state index contributed by atoms with van der Waals surface area (Å²) in [5.74, 6) is 0. The van der Waals surface area contributed by atoms with Crippen LogP contribution in [0.3, 0.4) is 0 Å². The Morgan fingerprint density at radius 1 is 1.37 bits per heavy atom. The van der Waals surface area contributed by atoms with Gasteiger partial charge in [0.2, 0.25) is 0 Å². The predicted octanol–water partition coefficient (Wildman–Crippen LogP) is -0.503. The highest BCUT2D eigenvalue weighted by molar-refractivity contribution is 6.31. The van der Waals surface area contributed by atoms with Gasteiger partial charge in [-0.25, -0.2) is 0 Å². The van der Waals surface area contributed by atoms with Gasteiger partial charge in [0.05, 0.1) is 0 Å². The van der Waals surface area contributed by atoms with Crippen LogP contribution in [0.4, 0.5) is 5.69 Å². The first kappa shape index (κ1) is 16.6. The van der Waals surface area contributed by atoms with E-state index in [2.05, 4.69) is 29.4 Å². The SMILES string of the molecule is CN1CC=C(NCCCCO)c2ccc(Cl)cc21.[I-]. The molecule has 0 fully saturated rings. The van der Waals surface area contributed by atoms with Gasteiger partial charge in [-0.15, -0.1) is 0 Å². The van der Waals surface area contributed by atoms with Crippen LogP contribution < -0.4 is 34.2 Å². The number of unbranched alkanes of at least 4 members (excludes halogenated alkanes) is 1. The molecule has 0 aliphatic carbocycles. The highest BCUT2D eigenvalue weighted by atomic mass is 127. The third kappa shape index (κ3) is 4.26. The summed E-state index contributed by atoms with van der Waals surface area (Å²) in [4.78, 5) is 2.18. The van der Waals surface area contributed by atoms with Crippen molar-refractivity contribution in [2.75, 3.05) is 31.6 Å². The number of fused-ring (bicyclic) bond motifs is 1. The Morgan fingerprint density at radius 2 is 2.16 bits per heavy atom. The first-order valence-corrected chi connectivity index (χ1v) is 6.66. The van der Waals surface area contributed by atoms with E-state index >= 15 is 0 Å². The Hall–Kier alpha value is -0.460. The topological polar surface area (TPSA) is 35.5 Å². The molecule has 1 heterocycles. The van der Waals surface area contributed by atoms with Crippen molar-refractivity contribution >= 4 is 23.0 Å². The molecule has 0 unspecified atom stereocenters. The van der Waals surface area contributed by atoms with Gasteiger partial charge >= 0.3 is 0 Å². The second kappa shape index (κ2) is 7.97. The minimum Gasteiger partial charge on any atom is -1.00 e. The zero-order valence-corrected chi connectivity index (χ0v) is 13.9. The quantitative estimate of drug-likeness (QED) is 0.523. The van der Waals surface area contributed by atoms with E-state index < -0.39 is 0 Å². The van der Waals surface area contributed by atoms with E-state index in [-0.39, 0.29) is 30.6 Å². The molecule has 1 aromatic carbocycles. The summed E-state index contributed by atoms with van der Waals surface area (Å²) in [6, 6.07) is 5.97. The van der Waals surface area contributed by atoms with E-state index in [1.165, 1.54) is 5.56 Å². The Morgan fingerprint density at radius 3 is 2.89 bits per heavy atom. The van der Waals surface area contributed by atoms with Gasteiger partial charge < -0.3 is 39.3 Å². The number of rotatable bonds is 5. The van der Waals surface area contributed by atoms with Crippen LogP contribution in [0.1, 0.15) is 18.4 Å². The summed E-state index contributed by atoms with van der Waals surface area (Å²) in [6.45, 7) is 2.03. The lowest BCUT2D eigenvalue weighted by atomic mass is 10.0. The van der Waals surface area contributed by atoms with Crippen molar-refractivity contribution in [1.82, 2.24) is 5.32 Å². The van der Waals surface area contributed by atoms with Gasteiger partial charge in [0.15, 0.2) is 0 Å². The van der Waals surface area contributed by atoms with E-state index in [0.717, 1.165) is 42.3 Å². The average Bonchev–Trinajstić information content (AvgIpc) is 2.37. The smallest absolute Gasteiger partial charge is 0.0475 e. The summed E-state index contributed by atoms with van der Waals surface area (Å²) in [6.07, 6.45) is 4.01. The maximum Gasteiger partial charge on any atom is 0.0475 e. The Labute approximate surface area is 136 Å². The van der Waals surface area contributed by atoms with Crippen LogP contribution >= 0.6 is 11.6 Å². The van der Waals surface area contributed by atoms with Gasteiger partial charge in [-0.2, -0.15) is 0 Å². The standard InChI is InChI=1S/C14H19ClN2O.HI/c1-17-8-6-13(16-7-2-3-9-18)12-5-4-11(15)10-14(12)17;/h4-6,10,16,18H,2-3,7-9H2,1H3;1H/p-1. The summed E-state index contributed by atoms with van der Waals surface area (Å²) in [5, 5.41) is 13.0. The third-order valence-electron chi connectivity index (χ3n) is 3.13. The highest BCUT2D eigenvalue weighted by Gasteiger charge is 2.15. The number of aliphatic hydroxyl groups excluding tert-OH is 1. The molecular weight excluding hydrogens is 375 g/mol. The second-order valence-electron chi connectivity index (χ2n) is 4.52. The van der Waals surface area contributed by atoms with Crippen LogP contribution in [-0.2, 0) is 0 Å². The molecule has 0 saturated carbocycles. The predicted molar refractivity (Wildman–Crippen MR) is 77.0 cm³/mol. The molecule has 1 aromatic rings. The van der Waals surface area contributed by atoms with Crippen molar-refractivity contribution in [2.24, 2.45) is 0 Å². The Bertz CT molecular complexity index is 451. The number of benzene rings is 1. The molecule has 2 rings (SSSR count). The molecule has 106 valence electrons. The molecular formula is C14H19ClIN2O-. The molecule has 1 aliphatic rings. The zero-order chi connectivity index (χ0) is 13.0. The van der Waals surface area contributed by atoms with Gasteiger partial charge in [-0.1, -0.05) is 11.6 Å². The summed E-state index contributed by atoms with van der Waals surface area (Å²) in [7, 11) is 2.06. The van der Waals surface area contributed by atoms with E-state index in [4.69, 9.17) is 16.7 Å². The van der Waals surface area contributed by atoms with Crippen LogP contribution in [0, 0.1) is 0 Å². The monoisotopic (exact) mass is 393 g/mol. The van der Waals surface area contributed by atoms with Crippen molar-refractivity contribution in [3.05, 3.63) is 34.9 Å². The number of hydrogen-bond donors (Lipinski definition) is 2. The van der Waals surface area contributed by atoms with Crippen molar-refractivity contribution in [3.63, 3.8) is 0 Å². The molecule has 0 bridgehead atoms. The molecule has 0 radical (unpaired) electrons. The molecule has 0 amide bonds. The molecule has 1 aliphatic heterocycles. The minimum atomic E-state index is 0. The van der Waals surface area contributed by atoms with Gasteiger partial charge in [-0.05, 0) is 37.1 Å². The molecule has 3 nitrogen and oxygen atoms in total. The fourth-order valence-electron chi connectivity index (χ4n) is 2.11. The molecule has 2 N–H and O–H groups in total. The van der Waals surface area contributed by atoms with Crippen LogP contribution in [0.25, 0.3) is 5.70 Å². The third-order valence-corrected chi connectivity index (χ3v) is 3.37. The van der Waals surface area contributed by atoms with Crippen LogP contribution in [0.5, 0.6) is 0 Å². The summed E-state index contributed by atoms with van der Waals surface area (Å²) >= 11 is 6.04. The molecule has 0 spiro atoms. The molecule has 0 saturated heterocycles. The van der Waals surface area contributed by atoms with Crippen LogP contribution in [-0.4, -0.2) is 31.9 Å². The van der Waals surface area contributed by atoms with Gasteiger partial charge in [0.25, 0.3) is 0 Å².